The molecule has 0 radical (unpaired) electrons. The molecule has 1 N–H and O–H groups in total. The number of anilines is 1. The Morgan fingerprint density at radius 1 is 1.37 bits per heavy atom. The van der Waals surface area contributed by atoms with E-state index in [9.17, 15) is 9.59 Å². The van der Waals surface area contributed by atoms with E-state index in [0.717, 1.165) is 12.8 Å². The van der Waals surface area contributed by atoms with E-state index in [1.54, 1.807) is 12.1 Å². The highest BCUT2D eigenvalue weighted by Gasteiger charge is 2.33. The average molecular weight is 302 g/mol. The molecule has 0 spiro atoms. The monoisotopic (exact) mass is 301 g/mol. The van der Waals surface area contributed by atoms with Gasteiger partial charge in [0.2, 0.25) is 0 Å². The van der Waals surface area contributed by atoms with Crippen LogP contribution in [0.2, 0.25) is 10.0 Å². The maximum absolute atomic E-state index is 11.8. The van der Waals surface area contributed by atoms with Gasteiger partial charge in [0.15, 0.2) is 6.10 Å². The summed E-state index contributed by atoms with van der Waals surface area (Å²) >= 11 is 11.7. The summed E-state index contributed by atoms with van der Waals surface area (Å²) in [5.41, 5.74) is 0.436. The molecule has 0 aliphatic heterocycles. The molecule has 1 atom stereocenters. The van der Waals surface area contributed by atoms with Gasteiger partial charge in [0.25, 0.3) is 5.91 Å². The molecule has 6 heteroatoms. The SMILES string of the molecule is C[C@@H](OC(=O)C1CC1)C(=O)Nc1ccc(Cl)cc1Cl. The molecule has 1 aliphatic carbocycles. The van der Waals surface area contributed by atoms with Gasteiger partial charge in [-0.3, -0.25) is 9.59 Å². The second-order valence-corrected chi connectivity index (χ2v) is 5.31. The van der Waals surface area contributed by atoms with Crippen molar-refractivity contribution in [2.75, 3.05) is 5.32 Å². The summed E-state index contributed by atoms with van der Waals surface area (Å²) in [6, 6.07) is 4.74. The molecule has 2 rings (SSSR count). The van der Waals surface area contributed by atoms with Gasteiger partial charge in [-0.05, 0) is 38.0 Å². The molecule has 0 saturated heterocycles. The summed E-state index contributed by atoms with van der Waals surface area (Å²) in [5, 5.41) is 3.41. The number of halogens is 2. The second-order valence-electron chi connectivity index (χ2n) is 4.47. The molecule has 1 aromatic rings. The Morgan fingerprint density at radius 3 is 2.63 bits per heavy atom. The summed E-state index contributed by atoms with van der Waals surface area (Å²) in [4.78, 5) is 23.3. The summed E-state index contributed by atoms with van der Waals surface area (Å²) in [5.74, 6) is -0.766. The average Bonchev–Trinajstić information content (AvgIpc) is 3.16. The minimum Gasteiger partial charge on any atom is -0.452 e. The van der Waals surface area contributed by atoms with Crippen molar-refractivity contribution < 1.29 is 14.3 Å². The van der Waals surface area contributed by atoms with E-state index in [0.29, 0.717) is 15.7 Å². The van der Waals surface area contributed by atoms with Crippen molar-refractivity contribution in [2.24, 2.45) is 5.92 Å². The van der Waals surface area contributed by atoms with Crippen LogP contribution in [0.1, 0.15) is 19.8 Å². The van der Waals surface area contributed by atoms with E-state index in [1.165, 1.54) is 13.0 Å². The van der Waals surface area contributed by atoms with Gasteiger partial charge in [-0.25, -0.2) is 0 Å². The number of hydrogen-bond donors (Lipinski definition) is 1. The zero-order valence-electron chi connectivity index (χ0n) is 10.3. The van der Waals surface area contributed by atoms with Gasteiger partial charge < -0.3 is 10.1 Å². The maximum Gasteiger partial charge on any atom is 0.309 e. The molecule has 1 saturated carbocycles. The Bertz CT molecular complexity index is 515. The van der Waals surface area contributed by atoms with E-state index in [-0.39, 0.29) is 11.9 Å². The fourth-order valence-corrected chi connectivity index (χ4v) is 1.92. The highest BCUT2D eigenvalue weighted by molar-refractivity contribution is 6.36. The first-order valence-corrected chi connectivity index (χ1v) is 6.69. The van der Waals surface area contributed by atoms with E-state index in [1.807, 2.05) is 0 Å². The Labute approximate surface area is 121 Å². The maximum atomic E-state index is 11.8. The third kappa shape index (κ3) is 3.85. The van der Waals surface area contributed by atoms with Crippen molar-refractivity contribution in [3.05, 3.63) is 28.2 Å². The smallest absolute Gasteiger partial charge is 0.309 e. The van der Waals surface area contributed by atoms with Gasteiger partial charge in [-0.1, -0.05) is 23.2 Å². The molecular weight excluding hydrogens is 289 g/mol. The van der Waals surface area contributed by atoms with Gasteiger partial charge in [0.05, 0.1) is 16.6 Å². The van der Waals surface area contributed by atoms with E-state index < -0.39 is 12.0 Å². The fourth-order valence-electron chi connectivity index (χ4n) is 1.47. The number of amides is 1. The zero-order chi connectivity index (χ0) is 14.0. The van der Waals surface area contributed by atoms with Gasteiger partial charge in [-0.2, -0.15) is 0 Å². The molecule has 1 aliphatic rings. The first kappa shape index (κ1) is 14.2. The number of rotatable bonds is 4. The number of hydrogen-bond acceptors (Lipinski definition) is 3. The number of ether oxygens (including phenoxy) is 1. The quantitative estimate of drug-likeness (QED) is 0.868. The Kier molecular flexibility index (Phi) is 4.32. The van der Waals surface area contributed by atoms with E-state index >= 15 is 0 Å². The first-order chi connectivity index (χ1) is 8.97. The molecule has 4 nitrogen and oxygen atoms in total. The van der Waals surface area contributed by atoms with Crippen molar-refractivity contribution in [1.82, 2.24) is 0 Å². The second kappa shape index (κ2) is 5.80. The van der Waals surface area contributed by atoms with Gasteiger partial charge in [-0.15, -0.1) is 0 Å². The van der Waals surface area contributed by atoms with Crippen molar-refractivity contribution in [3.8, 4) is 0 Å². The molecule has 1 amide bonds. The molecule has 0 aromatic heterocycles. The van der Waals surface area contributed by atoms with E-state index in [2.05, 4.69) is 5.32 Å². The van der Waals surface area contributed by atoms with Crippen LogP contribution < -0.4 is 5.32 Å². The largest absolute Gasteiger partial charge is 0.452 e. The Morgan fingerprint density at radius 2 is 2.05 bits per heavy atom. The number of carbonyl (C=O) groups excluding carboxylic acids is 2. The Balaban J connectivity index is 1.93. The standard InChI is InChI=1S/C13H13Cl2NO3/c1-7(19-13(18)8-2-3-8)12(17)16-11-5-4-9(14)6-10(11)15/h4-8H,2-3H2,1H3,(H,16,17)/t7-/m1/s1. The van der Waals surface area contributed by atoms with Crippen LogP contribution in [0.25, 0.3) is 0 Å². The molecule has 102 valence electrons. The lowest BCUT2D eigenvalue weighted by Gasteiger charge is -2.14. The van der Waals surface area contributed by atoms with Gasteiger partial charge in [0, 0.05) is 5.02 Å². The summed E-state index contributed by atoms with van der Waals surface area (Å²) in [6.07, 6.45) is 0.840. The summed E-state index contributed by atoms with van der Waals surface area (Å²) < 4.78 is 5.05. The van der Waals surface area contributed by atoms with Crippen LogP contribution in [0, 0.1) is 5.92 Å². The van der Waals surface area contributed by atoms with Crippen LogP contribution in [-0.4, -0.2) is 18.0 Å². The minimum atomic E-state index is -0.847. The van der Waals surface area contributed by atoms with Crippen LogP contribution in [0.3, 0.4) is 0 Å². The molecule has 0 bridgehead atoms. The number of esters is 1. The van der Waals surface area contributed by atoms with Crippen LogP contribution in [0.15, 0.2) is 18.2 Å². The lowest BCUT2D eigenvalue weighted by molar-refractivity contribution is -0.154. The van der Waals surface area contributed by atoms with Crippen LogP contribution in [0.5, 0.6) is 0 Å². The summed E-state index contributed by atoms with van der Waals surface area (Å²) in [7, 11) is 0. The third-order valence-electron chi connectivity index (χ3n) is 2.76. The highest BCUT2D eigenvalue weighted by atomic mass is 35.5. The van der Waals surface area contributed by atoms with Gasteiger partial charge >= 0.3 is 5.97 Å². The van der Waals surface area contributed by atoms with Gasteiger partial charge in [0.1, 0.15) is 0 Å². The first-order valence-electron chi connectivity index (χ1n) is 5.94. The van der Waals surface area contributed by atoms with Crippen molar-refractivity contribution in [1.29, 1.82) is 0 Å². The van der Waals surface area contributed by atoms with Crippen LogP contribution >= 0.6 is 23.2 Å². The Hall–Kier alpha value is -1.26. The van der Waals surface area contributed by atoms with E-state index in [4.69, 9.17) is 27.9 Å². The van der Waals surface area contributed by atoms with Crippen LogP contribution in [0.4, 0.5) is 5.69 Å². The molecule has 0 unspecified atom stereocenters. The molecule has 19 heavy (non-hydrogen) atoms. The molecular formula is C13H13Cl2NO3. The fraction of sp³-hybridized carbons (Fsp3) is 0.385. The molecule has 1 fully saturated rings. The molecule has 0 heterocycles. The molecule has 1 aromatic carbocycles. The number of nitrogens with one attached hydrogen (secondary N) is 1. The highest BCUT2D eigenvalue weighted by Crippen LogP contribution is 2.30. The van der Waals surface area contributed by atoms with Crippen molar-refractivity contribution >= 4 is 40.8 Å². The van der Waals surface area contributed by atoms with Crippen LogP contribution in [-0.2, 0) is 14.3 Å². The summed E-state index contributed by atoms with van der Waals surface area (Å²) in [6.45, 7) is 1.53. The lowest BCUT2D eigenvalue weighted by Crippen LogP contribution is -2.30. The predicted molar refractivity (Wildman–Crippen MR) is 73.4 cm³/mol. The topological polar surface area (TPSA) is 55.4 Å². The number of benzene rings is 1. The third-order valence-corrected chi connectivity index (χ3v) is 3.31. The van der Waals surface area contributed by atoms with Crippen molar-refractivity contribution in [2.45, 2.75) is 25.9 Å². The predicted octanol–water partition coefficient (Wildman–Crippen LogP) is 3.27. The normalized spacial score (nSPS) is 15.7. The lowest BCUT2D eigenvalue weighted by atomic mass is 10.3. The zero-order valence-corrected chi connectivity index (χ0v) is 11.8. The minimum absolute atomic E-state index is 0.0330. The van der Waals surface area contributed by atoms with Crippen molar-refractivity contribution in [3.63, 3.8) is 0 Å². The number of carbonyl (C=O) groups is 2.